The van der Waals surface area contributed by atoms with E-state index in [-0.39, 0.29) is 17.2 Å². The molecule has 3 rings (SSSR count). The summed E-state index contributed by atoms with van der Waals surface area (Å²) in [5.41, 5.74) is 2.58. The fourth-order valence-corrected chi connectivity index (χ4v) is 2.97. The van der Waals surface area contributed by atoms with Gasteiger partial charge in [0.15, 0.2) is 0 Å². The predicted molar refractivity (Wildman–Crippen MR) is 104 cm³/mol. The van der Waals surface area contributed by atoms with Gasteiger partial charge in [-0.2, -0.15) is 0 Å². The summed E-state index contributed by atoms with van der Waals surface area (Å²) in [6.07, 6.45) is 4.84. The van der Waals surface area contributed by atoms with Gasteiger partial charge in [-0.25, -0.2) is 14.5 Å². The topological polar surface area (TPSA) is 98.0 Å². The maximum atomic E-state index is 11.9. The van der Waals surface area contributed by atoms with E-state index >= 15 is 0 Å². The second kappa shape index (κ2) is 8.56. The number of aryl methyl sites for hydroxylation is 1. The van der Waals surface area contributed by atoms with E-state index in [1.165, 1.54) is 12.3 Å². The smallest absolute Gasteiger partial charge is 0.336 e. The molecule has 0 bridgehead atoms. The Bertz CT molecular complexity index is 993. The van der Waals surface area contributed by atoms with Crippen LogP contribution in [0.15, 0.2) is 42.7 Å². The average Bonchev–Trinajstić information content (AvgIpc) is 3.10. The van der Waals surface area contributed by atoms with E-state index in [0.29, 0.717) is 24.9 Å². The van der Waals surface area contributed by atoms with Gasteiger partial charge in [0.2, 0.25) is 11.6 Å². The van der Waals surface area contributed by atoms with Crippen LogP contribution in [0.4, 0.5) is 0 Å². The normalized spacial score (nSPS) is 10.8. The van der Waals surface area contributed by atoms with Gasteiger partial charge in [0, 0.05) is 37.3 Å². The summed E-state index contributed by atoms with van der Waals surface area (Å²) < 4.78 is 1.79. The standard InChI is InChI=1S/C21H22N4O3/c1-3-11-25-19(23-20(24-25)18(26)4-2)12-14-5-7-15(8-6-14)17-13-22-10-9-16(17)21(27)28/h5-10,13H,3-4,11-12H2,1-2H3,(H,27,28). The summed E-state index contributed by atoms with van der Waals surface area (Å²) in [5, 5.41) is 13.7. The number of rotatable bonds is 8. The molecular formula is C21H22N4O3. The van der Waals surface area contributed by atoms with Gasteiger partial charge >= 0.3 is 5.97 Å². The molecule has 1 N–H and O–H groups in total. The van der Waals surface area contributed by atoms with Crippen molar-refractivity contribution in [3.63, 3.8) is 0 Å². The largest absolute Gasteiger partial charge is 0.478 e. The molecule has 0 aliphatic heterocycles. The lowest BCUT2D eigenvalue weighted by Crippen LogP contribution is -2.06. The average molecular weight is 378 g/mol. The van der Waals surface area contributed by atoms with E-state index in [1.54, 1.807) is 17.8 Å². The zero-order valence-electron chi connectivity index (χ0n) is 15.9. The molecule has 0 atom stereocenters. The molecule has 0 amide bonds. The van der Waals surface area contributed by atoms with Crippen LogP contribution in [0.5, 0.6) is 0 Å². The van der Waals surface area contributed by atoms with Crippen LogP contribution >= 0.6 is 0 Å². The molecule has 0 fully saturated rings. The van der Waals surface area contributed by atoms with Crippen LogP contribution in [0.1, 0.15) is 59.1 Å². The van der Waals surface area contributed by atoms with Crippen LogP contribution in [0.25, 0.3) is 11.1 Å². The van der Waals surface area contributed by atoms with Crippen LogP contribution in [-0.2, 0) is 13.0 Å². The highest BCUT2D eigenvalue weighted by molar-refractivity contribution is 5.95. The Morgan fingerprint density at radius 1 is 1.11 bits per heavy atom. The highest BCUT2D eigenvalue weighted by atomic mass is 16.4. The summed E-state index contributed by atoms with van der Waals surface area (Å²) >= 11 is 0. The first-order valence-electron chi connectivity index (χ1n) is 9.27. The van der Waals surface area contributed by atoms with E-state index in [0.717, 1.165) is 23.4 Å². The van der Waals surface area contributed by atoms with Crippen molar-refractivity contribution in [2.75, 3.05) is 0 Å². The molecule has 0 saturated heterocycles. The Hall–Kier alpha value is -3.35. The van der Waals surface area contributed by atoms with E-state index in [4.69, 9.17) is 0 Å². The zero-order valence-corrected chi connectivity index (χ0v) is 15.9. The van der Waals surface area contributed by atoms with Crippen molar-refractivity contribution in [2.45, 2.75) is 39.7 Å². The first-order valence-corrected chi connectivity index (χ1v) is 9.27. The molecule has 7 heteroatoms. The lowest BCUT2D eigenvalue weighted by molar-refractivity contribution is 0.0697. The van der Waals surface area contributed by atoms with Crippen molar-refractivity contribution in [2.24, 2.45) is 0 Å². The molecule has 2 heterocycles. The molecule has 0 aliphatic rings. The minimum atomic E-state index is -0.984. The maximum absolute atomic E-state index is 11.9. The molecule has 7 nitrogen and oxygen atoms in total. The van der Waals surface area contributed by atoms with Gasteiger partial charge < -0.3 is 5.11 Å². The second-order valence-electron chi connectivity index (χ2n) is 6.45. The van der Waals surface area contributed by atoms with Crippen molar-refractivity contribution in [1.82, 2.24) is 19.7 Å². The van der Waals surface area contributed by atoms with Crippen LogP contribution in [0.2, 0.25) is 0 Å². The number of hydrogen-bond donors (Lipinski definition) is 1. The van der Waals surface area contributed by atoms with Crippen molar-refractivity contribution in [3.8, 4) is 11.1 Å². The predicted octanol–water partition coefficient (Wildman–Crippen LogP) is 3.63. The van der Waals surface area contributed by atoms with Crippen molar-refractivity contribution in [3.05, 3.63) is 65.5 Å². The number of carboxylic acids is 1. The number of carbonyl (C=O) groups excluding carboxylic acids is 1. The number of pyridine rings is 1. The molecule has 0 saturated carbocycles. The number of aromatic carboxylic acids is 1. The third-order valence-electron chi connectivity index (χ3n) is 4.43. The molecule has 2 aromatic heterocycles. The third kappa shape index (κ3) is 4.14. The molecule has 0 radical (unpaired) electrons. The summed E-state index contributed by atoms with van der Waals surface area (Å²) in [6.45, 7) is 4.55. The maximum Gasteiger partial charge on any atom is 0.336 e. The van der Waals surface area contributed by atoms with Crippen LogP contribution in [-0.4, -0.2) is 36.6 Å². The van der Waals surface area contributed by atoms with Crippen LogP contribution in [0.3, 0.4) is 0 Å². The molecular weight excluding hydrogens is 356 g/mol. The van der Waals surface area contributed by atoms with Crippen molar-refractivity contribution in [1.29, 1.82) is 0 Å². The Morgan fingerprint density at radius 3 is 2.50 bits per heavy atom. The number of nitrogens with zero attached hydrogens (tertiary/aromatic N) is 4. The van der Waals surface area contributed by atoms with Crippen LogP contribution in [0, 0.1) is 0 Å². The molecule has 0 spiro atoms. The molecule has 0 unspecified atom stereocenters. The highest BCUT2D eigenvalue weighted by Crippen LogP contribution is 2.24. The summed E-state index contributed by atoms with van der Waals surface area (Å²) in [6, 6.07) is 9.10. The van der Waals surface area contributed by atoms with Gasteiger partial charge in [-0.3, -0.25) is 9.78 Å². The monoisotopic (exact) mass is 378 g/mol. The van der Waals surface area contributed by atoms with Crippen LogP contribution < -0.4 is 0 Å². The van der Waals surface area contributed by atoms with E-state index < -0.39 is 5.97 Å². The summed E-state index contributed by atoms with van der Waals surface area (Å²) in [7, 11) is 0. The first-order chi connectivity index (χ1) is 13.5. The van der Waals surface area contributed by atoms with Crippen molar-refractivity contribution < 1.29 is 14.7 Å². The van der Waals surface area contributed by atoms with Gasteiger partial charge in [0.1, 0.15) is 5.82 Å². The lowest BCUT2D eigenvalue weighted by Gasteiger charge is -2.08. The molecule has 0 aliphatic carbocycles. The van der Waals surface area contributed by atoms with Gasteiger partial charge in [-0.15, -0.1) is 5.10 Å². The Labute approximate surface area is 163 Å². The van der Waals surface area contributed by atoms with Gasteiger partial charge in [0.05, 0.1) is 5.56 Å². The number of ketones is 1. The number of benzene rings is 1. The quantitative estimate of drug-likeness (QED) is 0.601. The third-order valence-corrected chi connectivity index (χ3v) is 4.43. The lowest BCUT2D eigenvalue weighted by atomic mass is 10.00. The van der Waals surface area contributed by atoms with Gasteiger partial charge in [-0.05, 0) is 23.6 Å². The summed E-state index contributed by atoms with van der Waals surface area (Å²) in [4.78, 5) is 31.8. The Kier molecular flexibility index (Phi) is 5.93. The first kappa shape index (κ1) is 19.4. The number of hydrogen-bond acceptors (Lipinski definition) is 5. The Balaban J connectivity index is 1.86. The number of Topliss-reactive ketones (excluding diaryl/α,β-unsaturated/α-hetero) is 1. The molecule has 28 heavy (non-hydrogen) atoms. The van der Waals surface area contributed by atoms with Crippen molar-refractivity contribution >= 4 is 11.8 Å². The van der Waals surface area contributed by atoms with E-state index in [2.05, 4.69) is 22.0 Å². The number of carbonyl (C=O) groups is 2. The molecule has 144 valence electrons. The van der Waals surface area contributed by atoms with E-state index in [1.807, 2.05) is 24.3 Å². The number of carboxylic acid groups (broad SMARTS) is 1. The van der Waals surface area contributed by atoms with Gasteiger partial charge in [-0.1, -0.05) is 38.1 Å². The fraction of sp³-hybridized carbons (Fsp3) is 0.286. The fourth-order valence-electron chi connectivity index (χ4n) is 2.97. The Morgan fingerprint density at radius 2 is 1.86 bits per heavy atom. The minimum absolute atomic E-state index is 0.0655. The molecule has 1 aromatic carbocycles. The van der Waals surface area contributed by atoms with E-state index in [9.17, 15) is 14.7 Å². The molecule has 3 aromatic rings. The SMILES string of the molecule is CCCn1nc(C(=O)CC)nc1Cc1ccc(-c2cnccc2C(=O)O)cc1. The zero-order chi connectivity index (χ0) is 20.1. The minimum Gasteiger partial charge on any atom is -0.478 e. The highest BCUT2D eigenvalue weighted by Gasteiger charge is 2.16. The second-order valence-corrected chi connectivity index (χ2v) is 6.45. The van der Waals surface area contributed by atoms with Gasteiger partial charge in [0.25, 0.3) is 0 Å². The summed E-state index contributed by atoms with van der Waals surface area (Å²) in [5.74, 6) is -0.0328. The number of aromatic nitrogens is 4.